The quantitative estimate of drug-likeness (QED) is 0.619. The van der Waals surface area contributed by atoms with Gasteiger partial charge in [-0.05, 0) is 26.8 Å². The van der Waals surface area contributed by atoms with E-state index in [1.807, 2.05) is 6.92 Å². The molecule has 0 rings (SSSR count). The normalized spacial score (nSPS) is 16.0. The minimum atomic E-state index is 0.0509. The fraction of sp³-hybridized carbons (Fsp3) is 0.889. The van der Waals surface area contributed by atoms with E-state index in [2.05, 4.69) is 31.7 Å². The van der Waals surface area contributed by atoms with Crippen molar-refractivity contribution < 1.29 is 0 Å². The summed E-state index contributed by atoms with van der Waals surface area (Å²) in [5.74, 6) is 0. The van der Waals surface area contributed by atoms with Crippen LogP contribution in [0.1, 0.15) is 34.1 Å². The van der Waals surface area contributed by atoms with Gasteiger partial charge in [-0.1, -0.05) is 13.8 Å². The standard InChI is InChI=1S/C9H18N2/c1-5-8(3)11(6-2)9(4)7-10/h8-9H,5-6H2,1-4H3. The third-order valence-electron chi connectivity index (χ3n) is 2.21. The molecule has 0 amide bonds. The Labute approximate surface area is 69.8 Å². The molecule has 2 unspecified atom stereocenters. The molecule has 0 aliphatic rings. The molecular weight excluding hydrogens is 136 g/mol. The Morgan fingerprint density at radius 3 is 2.18 bits per heavy atom. The first-order valence-electron chi connectivity index (χ1n) is 4.32. The fourth-order valence-electron chi connectivity index (χ4n) is 1.28. The largest absolute Gasteiger partial charge is 0.286 e. The Morgan fingerprint density at radius 2 is 1.91 bits per heavy atom. The minimum absolute atomic E-state index is 0.0509. The molecule has 0 aliphatic carbocycles. The van der Waals surface area contributed by atoms with Gasteiger partial charge in [-0.15, -0.1) is 0 Å². The lowest BCUT2D eigenvalue weighted by Crippen LogP contribution is -2.38. The molecule has 0 aromatic heterocycles. The Hall–Kier alpha value is -0.550. The van der Waals surface area contributed by atoms with E-state index >= 15 is 0 Å². The van der Waals surface area contributed by atoms with Gasteiger partial charge in [0.25, 0.3) is 0 Å². The minimum Gasteiger partial charge on any atom is -0.286 e. The summed E-state index contributed by atoms with van der Waals surface area (Å²) in [7, 11) is 0. The van der Waals surface area contributed by atoms with Gasteiger partial charge in [0, 0.05) is 6.04 Å². The Balaban J connectivity index is 4.06. The molecular formula is C9H18N2. The van der Waals surface area contributed by atoms with Crippen molar-refractivity contribution >= 4 is 0 Å². The zero-order valence-corrected chi connectivity index (χ0v) is 7.96. The highest BCUT2D eigenvalue weighted by molar-refractivity contribution is 4.89. The summed E-state index contributed by atoms with van der Waals surface area (Å²) in [5.41, 5.74) is 0. The summed E-state index contributed by atoms with van der Waals surface area (Å²) in [6, 6.07) is 2.83. The predicted octanol–water partition coefficient (Wildman–Crippen LogP) is 2.02. The predicted molar refractivity (Wildman–Crippen MR) is 47.2 cm³/mol. The molecule has 0 heterocycles. The van der Waals surface area contributed by atoms with Crippen molar-refractivity contribution in [2.24, 2.45) is 0 Å². The molecule has 0 radical (unpaired) electrons. The third-order valence-corrected chi connectivity index (χ3v) is 2.21. The maximum Gasteiger partial charge on any atom is 0.0951 e. The van der Waals surface area contributed by atoms with Gasteiger partial charge < -0.3 is 0 Å². The first-order chi connectivity index (χ1) is 5.17. The summed E-state index contributed by atoms with van der Waals surface area (Å²) < 4.78 is 0. The first-order valence-corrected chi connectivity index (χ1v) is 4.32. The lowest BCUT2D eigenvalue weighted by Gasteiger charge is -2.28. The van der Waals surface area contributed by atoms with Crippen molar-refractivity contribution in [2.75, 3.05) is 6.54 Å². The van der Waals surface area contributed by atoms with Gasteiger partial charge >= 0.3 is 0 Å². The van der Waals surface area contributed by atoms with Crippen molar-refractivity contribution in [3.8, 4) is 6.07 Å². The van der Waals surface area contributed by atoms with Crippen LogP contribution in [0, 0.1) is 11.3 Å². The number of rotatable bonds is 4. The highest BCUT2D eigenvalue weighted by Crippen LogP contribution is 2.06. The summed E-state index contributed by atoms with van der Waals surface area (Å²) in [6.07, 6.45) is 1.11. The van der Waals surface area contributed by atoms with Crippen LogP contribution in [0.5, 0.6) is 0 Å². The third kappa shape index (κ3) is 2.90. The molecule has 11 heavy (non-hydrogen) atoms. The van der Waals surface area contributed by atoms with Crippen LogP contribution in [0.2, 0.25) is 0 Å². The van der Waals surface area contributed by atoms with Crippen LogP contribution in [-0.2, 0) is 0 Å². The monoisotopic (exact) mass is 154 g/mol. The second-order valence-electron chi connectivity index (χ2n) is 2.89. The van der Waals surface area contributed by atoms with E-state index in [1.54, 1.807) is 0 Å². The topological polar surface area (TPSA) is 27.0 Å². The van der Waals surface area contributed by atoms with E-state index in [0.29, 0.717) is 6.04 Å². The van der Waals surface area contributed by atoms with Gasteiger partial charge in [-0.2, -0.15) is 5.26 Å². The summed E-state index contributed by atoms with van der Waals surface area (Å²) >= 11 is 0. The Morgan fingerprint density at radius 1 is 1.36 bits per heavy atom. The zero-order chi connectivity index (χ0) is 8.85. The average molecular weight is 154 g/mol. The molecule has 0 aliphatic heterocycles. The average Bonchev–Trinajstić information content (AvgIpc) is 2.05. The number of nitriles is 1. The molecule has 2 heteroatoms. The fourth-order valence-corrected chi connectivity index (χ4v) is 1.28. The van der Waals surface area contributed by atoms with Crippen LogP contribution in [0.25, 0.3) is 0 Å². The summed E-state index contributed by atoms with van der Waals surface area (Å²) in [5, 5.41) is 8.69. The van der Waals surface area contributed by atoms with Gasteiger partial charge in [0.05, 0.1) is 12.1 Å². The van der Waals surface area contributed by atoms with E-state index in [0.717, 1.165) is 13.0 Å². The van der Waals surface area contributed by atoms with E-state index in [1.165, 1.54) is 0 Å². The van der Waals surface area contributed by atoms with Gasteiger partial charge in [0.2, 0.25) is 0 Å². The lowest BCUT2D eigenvalue weighted by atomic mass is 10.2. The van der Waals surface area contributed by atoms with Crippen molar-refractivity contribution in [3.05, 3.63) is 0 Å². The summed E-state index contributed by atoms with van der Waals surface area (Å²) in [4.78, 5) is 2.21. The highest BCUT2D eigenvalue weighted by Gasteiger charge is 2.15. The molecule has 0 saturated heterocycles. The van der Waals surface area contributed by atoms with Crippen molar-refractivity contribution in [1.82, 2.24) is 4.90 Å². The van der Waals surface area contributed by atoms with E-state index in [9.17, 15) is 0 Å². The van der Waals surface area contributed by atoms with Crippen LogP contribution in [0.15, 0.2) is 0 Å². The van der Waals surface area contributed by atoms with E-state index < -0.39 is 0 Å². The molecule has 0 N–H and O–H groups in total. The van der Waals surface area contributed by atoms with Crippen LogP contribution in [0.4, 0.5) is 0 Å². The van der Waals surface area contributed by atoms with Crippen LogP contribution < -0.4 is 0 Å². The smallest absolute Gasteiger partial charge is 0.0951 e. The molecule has 2 nitrogen and oxygen atoms in total. The maximum atomic E-state index is 8.69. The van der Waals surface area contributed by atoms with Crippen molar-refractivity contribution in [2.45, 2.75) is 46.2 Å². The first kappa shape index (κ1) is 10.4. The van der Waals surface area contributed by atoms with Gasteiger partial charge in [-0.25, -0.2) is 0 Å². The number of hydrogen-bond acceptors (Lipinski definition) is 2. The molecule has 0 aromatic carbocycles. The molecule has 0 spiro atoms. The Bertz CT molecular complexity index is 137. The number of nitrogens with zero attached hydrogens (tertiary/aromatic N) is 2. The molecule has 2 atom stereocenters. The van der Waals surface area contributed by atoms with Crippen molar-refractivity contribution in [1.29, 1.82) is 5.26 Å². The van der Waals surface area contributed by atoms with Gasteiger partial charge in [-0.3, -0.25) is 4.90 Å². The second kappa shape index (κ2) is 5.15. The van der Waals surface area contributed by atoms with Crippen molar-refractivity contribution in [3.63, 3.8) is 0 Å². The Kier molecular flexibility index (Phi) is 4.89. The summed E-state index contributed by atoms with van der Waals surface area (Å²) in [6.45, 7) is 9.33. The van der Waals surface area contributed by atoms with Crippen LogP contribution in [-0.4, -0.2) is 23.5 Å². The van der Waals surface area contributed by atoms with Crippen LogP contribution >= 0.6 is 0 Å². The lowest BCUT2D eigenvalue weighted by molar-refractivity contribution is 0.190. The van der Waals surface area contributed by atoms with E-state index in [4.69, 9.17) is 5.26 Å². The molecule has 0 aromatic rings. The second-order valence-corrected chi connectivity index (χ2v) is 2.89. The molecule has 0 bridgehead atoms. The van der Waals surface area contributed by atoms with Crippen LogP contribution in [0.3, 0.4) is 0 Å². The SMILES string of the molecule is CCC(C)N(CC)C(C)C#N. The maximum absolute atomic E-state index is 8.69. The molecule has 0 fully saturated rings. The van der Waals surface area contributed by atoms with E-state index in [-0.39, 0.29) is 6.04 Å². The number of hydrogen-bond donors (Lipinski definition) is 0. The van der Waals surface area contributed by atoms with Gasteiger partial charge in [0.1, 0.15) is 0 Å². The highest BCUT2D eigenvalue weighted by atomic mass is 15.2. The molecule has 0 saturated carbocycles. The molecule has 64 valence electrons. The van der Waals surface area contributed by atoms with Gasteiger partial charge in [0.15, 0.2) is 0 Å². The zero-order valence-electron chi connectivity index (χ0n) is 7.96.